The number of carboxylic acid groups (broad SMARTS) is 1. The molecule has 0 radical (unpaired) electrons. The van der Waals surface area contributed by atoms with Crippen LogP contribution >= 0.6 is 0 Å². The molecule has 29 heavy (non-hydrogen) atoms. The number of aromatic nitrogens is 1. The average molecular weight is 413 g/mol. The number of nitrogens with zero attached hydrogens (tertiary/aromatic N) is 1. The Labute approximate surface area is 163 Å². The van der Waals surface area contributed by atoms with Gasteiger partial charge in [0.15, 0.2) is 29.0 Å². The van der Waals surface area contributed by atoms with Gasteiger partial charge in [-0.15, -0.1) is 0 Å². The summed E-state index contributed by atoms with van der Waals surface area (Å²) in [5, 5.41) is 13.5. The summed E-state index contributed by atoms with van der Waals surface area (Å²) in [7, 11) is -2.89. The van der Waals surface area contributed by atoms with Crippen molar-refractivity contribution in [2.45, 2.75) is 0 Å². The third-order valence-corrected chi connectivity index (χ3v) is 3.76. The van der Waals surface area contributed by atoms with Crippen LogP contribution in [0, 0.1) is 23.3 Å². The fraction of sp³-hybridized carbons (Fsp3) is 0.0556. The van der Waals surface area contributed by atoms with E-state index in [0.29, 0.717) is 6.26 Å². The number of hydrogen-bond donors (Lipinski definition) is 2. The Balaban J connectivity index is 2.04. The van der Waals surface area contributed by atoms with Gasteiger partial charge in [-0.1, -0.05) is 17.3 Å². The van der Waals surface area contributed by atoms with E-state index in [1.807, 2.05) is 0 Å². The maximum Gasteiger partial charge on any atom is 0.341 e. The van der Waals surface area contributed by atoms with Gasteiger partial charge in [0.2, 0.25) is 0 Å². The van der Waals surface area contributed by atoms with E-state index in [2.05, 4.69) is 14.4 Å². The minimum Gasteiger partial charge on any atom is -0.497 e. The molecule has 0 aliphatic heterocycles. The predicted molar refractivity (Wildman–Crippen MR) is 89.7 cm³/mol. The van der Waals surface area contributed by atoms with Crippen molar-refractivity contribution in [2.75, 3.05) is 12.4 Å². The number of carbonyl (C=O) groups excluding carboxylic acids is 1. The molecule has 0 aliphatic carbocycles. The van der Waals surface area contributed by atoms with Crippen LogP contribution < -0.4 is 10.1 Å². The van der Waals surface area contributed by atoms with Crippen LogP contribution in [0.1, 0.15) is 25.0 Å². The second-order valence-electron chi connectivity index (χ2n) is 5.47. The van der Waals surface area contributed by atoms with Crippen molar-refractivity contribution >= 4 is 17.6 Å². The molecule has 2 N–H and O–H groups in total. The summed E-state index contributed by atoms with van der Waals surface area (Å²) in [6, 6.07) is 4.17. The lowest BCUT2D eigenvalue weighted by atomic mass is 10.0. The monoisotopic (exact) mass is 413 g/mol. The highest BCUT2D eigenvalue weighted by atomic mass is 19.2. The zero-order valence-corrected chi connectivity index (χ0v) is 13.9. The standard InChI is InChI=1S/C18H10F4N2O5/c1-28-8-4-2-3-7(5-8)10-11(19)13(21)16(14(22)12(10)20)23-17(25)15-9(18(26)27)6-29-24-15/h2-6H,1H3,(H,23,25)(H,26,27)/i1D3. The summed E-state index contributed by atoms with van der Waals surface area (Å²) in [5.41, 5.74) is -4.84. The second kappa shape index (κ2) is 7.62. The highest BCUT2D eigenvalue weighted by molar-refractivity contribution is 6.09. The second-order valence-corrected chi connectivity index (χ2v) is 5.47. The molecule has 3 aromatic rings. The molecule has 0 atom stereocenters. The average Bonchev–Trinajstić information content (AvgIpc) is 3.19. The van der Waals surface area contributed by atoms with Crippen molar-refractivity contribution in [3.8, 4) is 16.9 Å². The Morgan fingerprint density at radius 2 is 1.86 bits per heavy atom. The van der Waals surface area contributed by atoms with E-state index in [1.165, 1.54) is 5.32 Å². The van der Waals surface area contributed by atoms with Crippen LogP contribution in [0.5, 0.6) is 5.75 Å². The van der Waals surface area contributed by atoms with Crippen molar-refractivity contribution in [3.63, 3.8) is 0 Å². The summed E-state index contributed by atoms with van der Waals surface area (Å²) in [6.07, 6.45) is 0.572. The molecule has 0 saturated heterocycles. The number of rotatable bonds is 5. The zero-order chi connectivity index (χ0) is 23.8. The highest BCUT2D eigenvalue weighted by Crippen LogP contribution is 2.36. The Morgan fingerprint density at radius 3 is 2.48 bits per heavy atom. The van der Waals surface area contributed by atoms with E-state index >= 15 is 0 Å². The van der Waals surface area contributed by atoms with Crippen molar-refractivity contribution in [1.29, 1.82) is 0 Å². The van der Waals surface area contributed by atoms with E-state index in [4.69, 9.17) is 9.22 Å². The number of hydrogen-bond acceptors (Lipinski definition) is 5. The third-order valence-electron chi connectivity index (χ3n) is 3.76. The van der Waals surface area contributed by atoms with Gasteiger partial charge in [0.25, 0.3) is 5.91 Å². The molecule has 0 aliphatic rings. The molecule has 1 amide bonds. The Bertz CT molecular complexity index is 1200. The molecule has 3 rings (SSSR count). The predicted octanol–water partition coefficient (Wildman–Crippen LogP) is 3.86. The lowest BCUT2D eigenvalue weighted by Crippen LogP contribution is -2.19. The first-order valence-electron chi connectivity index (χ1n) is 9.05. The van der Waals surface area contributed by atoms with Gasteiger partial charge in [-0.3, -0.25) is 4.79 Å². The normalized spacial score (nSPS) is 12.6. The molecule has 1 heterocycles. The van der Waals surface area contributed by atoms with Crippen molar-refractivity contribution in [2.24, 2.45) is 0 Å². The molecule has 11 heteroatoms. The van der Waals surface area contributed by atoms with Crippen molar-refractivity contribution in [1.82, 2.24) is 5.16 Å². The number of halogens is 4. The van der Waals surface area contributed by atoms with Crippen LogP contribution in [0.2, 0.25) is 0 Å². The fourth-order valence-electron chi connectivity index (χ4n) is 2.43. The lowest BCUT2D eigenvalue weighted by Gasteiger charge is -2.13. The smallest absolute Gasteiger partial charge is 0.341 e. The number of carbonyl (C=O) groups is 2. The van der Waals surface area contributed by atoms with E-state index in [0.717, 1.165) is 24.3 Å². The van der Waals surface area contributed by atoms with E-state index in [1.54, 1.807) is 0 Å². The SMILES string of the molecule is [2H]C([2H])([2H])Oc1cccc(-c2c(F)c(F)c(NC(=O)c3nocc3C(=O)O)c(F)c2F)c1. The van der Waals surface area contributed by atoms with Crippen LogP contribution in [-0.4, -0.2) is 29.2 Å². The summed E-state index contributed by atoms with van der Waals surface area (Å²) in [5.74, 6) is -11.3. The van der Waals surface area contributed by atoms with Gasteiger partial charge >= 0.3 is 5.97 Å². The third kappa shape index (κ3) is 3.49. The van der Waals surface area contributed by atoms with Crippen LogP contribution in [0.4, 0.5) is 23.2 Å². The largest absolute Gasteiger partial charge is 0.497 e. The zero-order valence-electron chi connectivity index (χ0n) is 16.9. The van der Waals surface area contributed by atoms with Crippen LogP contribution in [0.15, 0.2) is 35.1 Å². The minimum atomic E-state index is -2.89. The number of amides is 1. The van der Waals surface area contributed by atoms with Gasteiger partial charge in [-0.2, -0.15) is 0 Å². The van der Waals surface area contributed by atoms with Crippen molar-refractivity contribution in [3.05, 3.63) is 65.1 Å². The summed E-state index contributed by atoms with van der Waals surface area (Å²) in [4.78, 5) is 23.1. The maximum absolute atomic E-state index is 14.6. The number of carboxylic acids is 1. The molecule has 2 aromatic carbocycles. The maximum atomic E-state index is 14.6. The van der Waals surface area contributed by atoms with Gasteiger partial charge < -0.3 is 19.7 Å². The first kappa shape index (κ1) is 16.1. The molecule has 150 valence electrons. The first-order valence-corrected chi connectivity index (χ1v) is 7.55. The minimum absolute atomic E-state index is 0.355. The van der Waals surface area contributed by atoms with Gasteiger partial charge in [-0.05, 0) is 17.7 Å². The molecule has 0 unspecified atom stereocenters. The van der Waals surface area contributed by atoms with E-state index in [9.17, 15) is 27.2 Å². The highest BCUT2D eigenvalue weighted by Gasteiger charge is 2.29. The van der Waals surface area contributed by atoms with E-state index in [-0.39, 0.29) is 5.75 Å². The van der Waals surface area contributed by atoms with Gasteiger partial charge in [0.1, 0.15) is 23.3 Å². The van der Waals surface area contributed by atoms with Crippen LogP contribution in [-0.2, 0) is 0 Å². The lowest BCUT2D eigenvalue weighted by molar-refractivity contribution is 0.0692. The molecule has 0 spiro atoms. The molecule has 7 nitrogen and oxygen atoms in total. The first-order chi connectivity index (χ1) is 14.9. The molecule has 1 aromatic heterocycles. The van der Waals surface area contributed by atoms with Crippen molar-refractivity contribution < 1.29 is 45.6 Å². The Hall–Kier alpha value is -3.89. The summed E-state index contributed by atoms with van der Waals surface area (Å²) >= 11 is 0. The number of ether oxygens (including phenoxy) is 1. The molecule has 0 fully saturated rings. The molecular weight excluding hydrogens is 400 g/mol. The topological polar surface area (TPSA) is 102 Å². The van der Waals surface area contributed by atoms with Gasteiger partial charge in [0, 0.05) is 0 Å². The molecule has 0 bridgehead atoms. The Kier molecular flexibility index (Phi) is 4.23. The van der Waals surface area contributed by atoms with Gasteiger partial charge in [-0.25, -0.2) is 22.4 Å². The number of methoxy groups -OCH3 is 1. The van der Waals surface area contributed by atoms with E-state index < -0.39 is 70.3 Å². The number of aromatic carboxylic acids is 1. The van der Waals surface area contributed by atoms with Crippen LogP contribution in [0.3, 0.4) is 0 Å². The van der Waals surface area contributed by atoms with Gasteiger partial charge in [0.05, 0.1) is 16.7 Å². The number of anilines is 1. The number of nitrogens with one attached hydrogen (secondary N) is 1. The molecular formula is C18H10F4N2O5. The van der Waals surface area contributed by atoms with Crippen LogP contribution in [0.25, 0.3) is 11.1 Å². The summed E-state index contributed by atoms with van der Waals surface area (Å²) in [6.45, 7) is 0. The fourth-order valence-corrected chi connectivity index (χ4v) is 2.43. The quantitative estimate of drug-likeness (QED) is 0.487. The Morgan fingerprint density at radius 1 is 1.17 bits per heavy atom. The molecule has 0 saturated carbocycles. The summed E-state index contributed by atoms with van der Waals surface area (Å²) < 4.78 is 88.4. The number of benzene rings is 2.